The van der Waals surface area contributed by atoms with Crippen LogP contribution in [-0.2, 0) is 0 Å². The van der Waals surface area contributed by atoms with Gasteiger partial charge < -0.3 is 10.1 Å². The molecule has 0 unspecified atom stereocenters. The first-order chi connectivity index (χ1) is 12.0. The molecule has 1 N–H and O–H groups in total. The summed E-state index contributed by atoms with van der Waals surface area (Å²) >= 11 is 1.40. The zero-order valence-electron chi connectivity index (χ0n) is 14.4. The number of hydrogen-bond acceptors (Lipinski definition) is 4. The lowest BCUT2D eigenvalue weighted by Crippen LogP contribution is -2.11. The van der Waals surface area contributed by atoms with E-state index in [-0.39, 0.29) is 12.0 Å². The highest BCUT2D eigenvalue weighted by Gasteiger charge is 2.16. The quantitative estimate of drug-likeness (QED) is 0.690. The molecule has 4 nitrogen and oxygen atoms in total. The molecule has 0 aliphatic heterocycles. The van der Waals surface area contributed by atoms with Gasteiger partial charge in [-0.05, 0) is 45.0 Å². The number of aromatic nitrogens is 1. The molecule has 1 amide bonds. The molecule has 128 valence electrons. The number of rotatable bonds is 5. The maximum Gasteiger partial charge on any atom is 0.267 e. The summed E-state index contributed by atoms with van der Waals surface area (Å²) in [6.45, 7) is 5.82. The maximum atomic E-state index is 12.6. The van der Waals surface area contributed by atoms with Crippen molar-refractivity contribution >= 4 is 22.9 Å². The summed E-state index contributed by atoms with van der Waals surface area (Å²) in [5.74, 6) is 0.642. The Bertz CT molecular complexity index is 855. The average Bonchev–Trinajstić information content (AvgIpc) is 2.99. The fourth-order valence-corrected chi connectivity index (χ4v) is 3.36. The van der Waals surface area contributed by atoms with Crippen LogP contribution < -0.4 is 10.1 Å². The zero-order chi connectivity index (χ0) is 17.8. The minimum absolute atomic E-state index is 0.122. The number of hydrogen-bond donors (Lipinski definition) is 1. The van der Waals surface area contributed by atoms with Crippen molar-refractivity contribution in [3.05, 3.63) is 65.2 Å². The van der Waals surface area contributed by atoms with Gasteiger partial charge >= 0.3 is 0 Å². The first kappa shape index (κ1) is 17.2. The van der Waals surface area contributed by atoms with Crippen molar-refractivity contribution < 1.29 is 9.53 Å². The Morgan fingerprint density at radius 1 is 1.08 bits per heavy atom. The second-order valence-electron chi connectivity index (χ2n) is 5.94. The van der Waals surface area contributed by atoms with Crippen molar-refractivity contribution in [2.45, 2.75) is 26.9 Å². The lowest BCUT2D eigenvalue weighted by molar-refractivity contribution is 0.102. The van der Waals surface area contributed by atoms with E-state index < -0.39 is 0 Å². The number of nitrogens with one attached hydrogen (secondary N) is 1. The Morgan fingerprint density at radius 3 is 2.40 bits per heavy atom. The van der Waals surface area contributed by atoms with Crippen LogP contribution in [0.1, 0.15) is 29.2 Å². The molecule has 0 saturated carbocycles. The number of thiazole rings is 1. The largest absolute Gasteiger partial charge is 0.491 e. The van der Waals surface area contributed by atoms with E-state index in [0.29, 0.717) is 4.88 Å². The van der Waals surface area contributed by atoms with E-state index in [2.05, 4.69) is 10.3 Å². The topological polar surface area (TPSA) is 51.2 Å². The Morgan fingerprint density at radius 2 is 1.76 bits per heavy atom. The first-order valence-electron chi connectivity index (χ1n) is 8.14. The minimum atomic E-state index is -0.144. The molecular formula is C20H20N2O2S. The molecule has 5 heteroatoms. The highest BCUT2D eigenvalue weighted by Crippen LogP contribution is 2.28. The van der Waals surface area contributed by atoms with Crippen molar-refractivity contribution in [2.24, 2.45) is 0 Å². The number of aryl methyl sites for hydroxylation is 1. The molecule has 3 rings (SSSR count). The fraction of sp³-hybridized carbons (Fsp3) is 0.200. The Balaban J connectivity index is 1.74. The summed E-state index contributed by atoms with van der Waals surface area (Å²) in [6.07, 6.45) is 0.122. The number of anilines is 1. The molecule has 1 aromatic heterocycles. The number of carbonyl (C=O) groups is 1. The standard InChI is InChI=1S/C20H20N2O2S/c1-13(2)24-17-11-9-16(10-12-17)22-19(23)18-14(3)21-20(25-18)15-7-5-4-6-8-15/h4-13H,1-3H3,(H,22,23). The van der Waals surface area contributed by atoms with Gasteiger partial charge in [-0.25, -0.2) is 4.98 Å². The predicted molar refractivity (Wildman–Crippen MR) is 102 cm³/mol. The van der Waals surface area contributed by atoms with Crippen LogP contribution in [0.15, 0.2) is 54.6 Å². The normalized spacial score (nSPS) is 10.7. The van der Waals surface area contributed by atoms with Crippen LogP contribution in [0, 0.1) is 6.92 Å². The van der Waals surface area contributed by atoms with Crippen LogP contribution in [0.2, 0.25) is 0 Å². The van der Waals surface area contributed by atoms with Crippen LogP contribution in [-0.4, -0.2) is 17.0 Å². The van der Waals surface area contributed by atoms with Crippen LogP contribution in [0.4, 0.5) is 5.69 Å². The number of benzene rings is 2. The molecule has 0 bridgehead atoms. The summed E-state index contributed by atoms with van der Waals surface area (Å²) in [7, 11) is 0. The van der Waals surface area contributed by atoms with E-state index in [1.165, 1.54) is 11.3 Å². The van der Waals surface area contributed by atoms with E-state index in [0.717, 1.165) is 27.7 Å². The first-order valence-corrected chi connectivity index (χ1v) is 8.95. The molecule has 3 aromatic rings. The SMILES string of the molecule is Cc1nc(-c2ccccc2)sc1C(=O)Nc1ccc(OC(C)C)cc1. The summed E-state index contributed by atoms with van der Waals surface area (Å²) in [6, 6.07) is 17.3. The van der Waals surface area contributed by atoms with Gasteiger partial charge in [-0.15, -0.1) is 11.3 Å². The predicted octanol–water partition coefficient (Wildman–Crippen LogP) is 5.16. The number of nitrogens with zero attached hydrogens (tertiary/aromatic N) is 1. The van der Waals surface area contributed by atoms with E-state index in [1.807, 2.05) is 75.4 Å². The molecule has 0 spiro atoms. The van der Waals surface area contributed by atoms with E-state index in [9.17, 15) is 4.79 Å². The van der Waals surface area contributed by atoms with Gasteiger partial charge in [-0.3, -0.25) is 4.79 Å². The molecule has 0 aliphatic carbocycles. The van der Waals surface area contributed by atoms with Gasteiger partial charge in [-0.1, -0.05) is 30.3 Å². The number of ether oxygens (including phenoxy) is 1. The maximum absolute atomic E-state index is 12.6. The van der Waals surface area contributed by atoms with Crippen molar-refractivity contribution in [1.29, 1.82) is 0 Å². The summed E-state index contributed by atoms with van der Waals surface area (Å²) in [5, 5.41) is 3.77. The van der Waals surface area contributed by atoms with Gasteiger partial charge in [0.2, 0.25) is 0 Å². The van der Waals surface area contributed by atoms with Gasteiger partial charge in [0.25, 0.3) is 5.91 Å². The van der Waals surface area contributed by atoms with E-state index in [1.54, 1.807) is 0 Å². The number of carbonyl (C=O) groups excluding carboxylic acids is 1. The summed E-state index contributed by atoms with van der Waals surface area (Å²) in [4.78, 5) is 17.7. The van der Waals surface area contributed by atoms with Crippen molar-refractivity contribution in [3.8, 4) is 16.3 Å². The highest BCUT2D eigenvalue weighted by molar-refractivity contribution is 7.17. The monoisotopic (exact) mass is 352 g/mol. The zero-order valence-corrected chi connectivity index (χ0v) is 15.3. The molecule has 0 fully saturated rings. The Labute approximate surface area is 151 Å². The van der Waals surface area contributed by atoms with Crippen LogP contribution >= 0.6 is 11.3 Å². The smallest absolute Gasteiger partial charge is 0.267 e. The van der Waals surface area contributed by atoms with Crippen molar-refractivity contribution in [3.63, 3.8) is 0 Å². The lowest BCUT2D eigenvalue weighted by Gasteiger charge is -2.10. The van der Waals surface area contributed by atoms with Crippen LogP contribution in [0.3, 0.4) is 0 Å². The van der Waals surface area contributed by atoms with Crippen LogP contribution in [0.25, 0.3) is 10.6 Å². The molecule has 0 aliphatic rings. The van der Waals surface area contributed by atoms with E-state index >= 15 is 0 Å². The van der Waals surface area contributed by atoms with Crippen molar-refractivity contribution in [1.82, 2.24) is 4.98 Å². The number of amides is 1. The fourth-order valence-electron chi connectivity index (χ4n) is 2.39. The van der Waals surface area contributed by atoms with Gasteiger partial charge in [0.05, 0.1) is 11.8 Å². The third-order valence-electron chi connectivity index (χ3n) is 3.51. The Hall–Kier alpha value is -2.66. The molecular weight excluding hydrogens is 332 g/mol. The summed E-state index contributed by atoms with van der Waals surface area (Å²) < 4.78 is 5.61. The van der Waals surface area contributed by atoms with E-state index in [4.69, 9.17) is 4.74 Å². The molecule has 0 radical (unpaired) electrons. The second-order valence-corrected chi connectivity index (χ2v) is 6.94. The third-order valence-corrected chi connectivity index (χ3v) is 4.71. The molecule has 0 saturated heterocycles. The van der Waals surface area contributed by atoms with Gasteiger partial charge in [-0.2, -0.15) is 0 Å². The third kappa shape index (κ3) is 4.25. The van der Waals surface area contributed by atoms with Gasteiger partial charge in [0.15, 0.2) is 0 Å². The second kappa shape index (κ2) is 7.49. The Kier molecular flexibility index (Phi) is 5.14. The molecule has 0 atom stereocenters. The minimum Gasteiger partial charge on any atom is -0.491 e. The van der Waals surface area contributed by atoms with Crippen LogP contribution in [0.5, 0.6) is 5.75 Å². The molecule has 2 aromatic carbocycles. The highest BCUT2D eigenvalue weighted by atomic mass is 32.1. The van der Waals surface area contributed by atoms with Gasteiger partial charge in [0, 0.05) is 11.3 Å². The van der Waals surface area contributed by atoms with Gasteiger partial charge in [0.1, 0.15) is 15.6 Å². The summed E-state index contributed by atoms with van der Waals surface area (Å²) in [5.41, 5.74) is 2.49. The molecule has 1 heterocycles. The lowest BCUT2D eigenvalue weighted by atomic mass is 10.2. The van der Waals surface area contributed by atoms with Crippen molar-refractivity contribution in [2.75, 3.05) is 5.32 Å². The molecule has 25 heavy (non-hydrogen) atoms. The average molecular weight is 352 g/mol.